The van der Waals surface area contributed by atoms with Crippen LogP contribution in [-0.2, 0) is 14.8 Å². The van der Waals surface area contributed by atoms with Gasteiger partial charge in [-0.3, -0.25) is 4.79 Å². The van der Waals surface area contributed by atoms with Crippen molar-refractivity contribution in [3.8, 4) is 0 Å². The van der Waals surface area contributed by atoms with Crippen LogP contribution < -0.4 is 5.32 Å². The van der Waals surface area contributed by atoms with Crippen molar-refractivity contribution >= 4 is 15.9 Å². The number of likely N-dealkylation sites (N-methyl/N-ethyl adjacent to an activating group) is 1. The molecule has 1 aliphatic heterocycles. The third-order valence-corrected chi connectivity index (χ3v) is 5.57. The Hall–Kier alpha value is -1.44. The molecule has 0 radical (unpaired) electrons. The highest BCUT2D eigenvalue weighted by molar-refractivity contribution is 7.88. The fourth-order valence-electron chi connectivity index (χ4n) is 2.79. The van der Waals surface area contributed by atoms with Gasteiger partial charge < -0.3 is 10.2 Å². The lowest BCUT2D eigenvalue weighted by atomic mass is 10.0. The number of nitrogens with one attached hydrogen (secondary N) is 1. The molecule has 2 rings (SSSR count). The molecule has 1 atom stereocenters. The van der Waals surface area contributed by atoms with Gasteiger partial charge in [-0.05, 0) is 38.5 Å². The number of benzene rings is 1. The minimum Gasteiger partial charge on any atom is -0.352 e. The van der Waals surface area contributed by atoms with Crippen LogP contribution in [0.15, 0.2) is 30.3 Å². The van der Waals surface area contributed by atoms with Crippen LogP contribution in [0.5, 0.6) is 0 Å². The molecule has 0 spiro atoms. The SMILES string of the molecule is CN1CCC(NC(=O)C(c2ccccc2)N(C)S(C)(=O)=O)CC1. The molecule has 7 heteroatoms. The topological polar surface area (TPSA) is 69.7 Å². The molecule has 1 saturated heterocycles. The predicted octanol–water partition coefficient (Wildman–Crippen LogP) is 0.829. The van der Waals surface area contributed by atoms with Gasteiger partial charge in [0.2, 0.25) is 15.9 Å². The Morgan fingerprint density at radius 2 is 1.83 bits per heavy atom. The Bertz CT molecular complexity index is 625. The van der Waals surface area contributed by atoms with E-state index in [2.05, 4.69) is 17.3 Å². The van der Waals surface area contributed by atoms with Gasteiger partial charge in [0.15, 0.2) is 0 Å². The van der Waals surface area contributed by atoms with Crippen molar-refractivity contribution in [1.29, 1.82) is 0 Å². The number of piperidine rings is 1. The zero-order chi connectivity index (χ0) is 17.0. The number of likely N-dealkylation sites (tertiary alicyclic amines) is 1. The van der Waals surface area contributed by atoms with Gasteiger partial charge in [-0.15, -0.1) is 0 Å². The molecule has 6 nitrogen and oxygen atoms in total. The zero-order valence-electron chi connectivity index (χ0n) is 13.9. The van der Waals surface area contributed by atoms with Crippen LogP contribution in [0.4, 0.5) is 0 Å². The molecule has 1 amide bonds. The molecule has 0 saturated carbocycles. The fourth-order valence-corrected chi connectivity index (χ4v) is 3.39. The summed E-state index contributed by atoms with van der Waals surface area (Å²) in [6.07, 6.45) is 2.88. The zero-order valence-corrected chi connectivity index (χ0v) is 14.7. The quantitative estimate of drug-likeness (QED) is 0.863. The van der Waals surface area contributed by atoms with Gasteiger partial charge in [-0.2, -0.15) is 4.31 Å². The molecule has 128 valence electrons. The van der Waals surface area contributed by atoms with Crippen molar-refractivity contribution in [3.63, 3.8) is 0 Å². The van der Waals surface area contributed by atoms with Gasteiger partial charge in [0.25, 0.3) is 0 Å². The summed E-state index contributed by atoms with van der Waals surface area (Å²) >= 11 is 0. The number of hydrogen-bond acceptors (Lipinski definition) is 4. The van der Waals surface area contributed by atoms with E-state index in [4.69, 9.17) is 0 Å². The van der Waals surface area contributed by atoms with Crippen LogP contribution in [-0.4, -0.2) is 63.0 Å². The van der Waals surface area contributed by atoms with Gasteiger partial charge in [-0.25, -0.2) is 8.42 Å². The summed E-state index contributed by atoms with van der Waals surface area (Å²) in [5.74, 6) is -0.265. The molecule has 1 aromatic rings. The number of rotatable bonds is 5. The molecular formula is C16H25N3O3S. The van der Waals surface area contributed by atoms with E-state index in [0.29, 0.717) is 5.56 Å². The predicted molar refractivity (Wildman–Crippen MR) is 90.5 cm³/mol. The van der Waals surface area contributed by atoms with Crippen LogP contribution in [0.2, 0.25) is 0 Å². The van der Waals surface area contributed by atoms with Crippen molar-refractivity contribution in [2.45, 2.75) is 24.9 Å². The maximum Gasteiger partial charge on any atom is 0.243 e. The van der Waals surface area contributed by atoms with E-state index < -0.39 is 16.1 Å². The maximum atomic E-state index is 12.8. The van der Waals surface area contributed by atoms with Crippen LogP contribution in [0.3, 0.4) is 0 Å². The molecule has 1 unspecified atom stereocenters. The Balaban J connectivity index is 2.18. The van der Waals surface area contributed by atoms with E-state index >= 15 is 0 Å². The monoisotopic (exact) mass is 339 g/mol. The number of nitrogens with zero attached hydrogens (tertiary/aromatic N) is 2. The molecule has 0 aliphatic carbocycles. The molecule has 1 heterocycles. The molecular weight excluding hydrogens is 314 g/mol. The van der Waals surface area contributed by atoms with Crippen molar-refractivity contribution in [2.24, 2.45) is 0 Å². The lowest BCUT2D eigenvalue weighted by Gasteiger charge is -2.32. The normalized spacial score (nSPS) is 18.8. The second kappa shape index (κ2) is 7.42. The molecule has 1 aliphatic rings. The van der Waals surface area contributed by atoms with Crippen LogP contribution in [0.25, 0.3) is 0 Å². The summed E-state index contributed by atoms with van der Waals surface area (Å²) < 4.78 is 25.0. The minimum atomic E-state index is -3.48. The van der Waals surface area contributed by atoms with Gasteiger partial charge in [-0.1, -0.05) is 30.3 Å². The summed E-state index contributed by atoms with van der Waals surface area (Å²) in [6, 6.07) is 8.27. The number of carbonyl (C=O) groups excluding carboxylic acids is 1. The average Bonchev–Trinajstić information content (AvgIpc) is 2.50. The van der Waals surface area contributed by atoms with E-state index in [1.54, 1.807) is 24.3 Å². The Kier molecular flexibility index (Phi) is 5.78. The number of carbonyl (C=O) groups is 1. The van der Waals surface area contributed by atoms with Crippen molar-refractivity contribution in [1.82, 2.24) is 14.5 Å². The highest BCUT2D eigenvalue weighted by Crippen LogP contribution is 2.22. The highest BCUT2D eigenvalue weighted by Gasteiger charge is 2.32. The van der Waals surface area contributed by atoms with E-state index in [-0.39, 0.29) is 11.9 Å². The maximum absolute atomic E-state index is 12.8. The molecule has 0 aromatic heterocycles. The minimum absolute atomic E-state index is 0.0953. The van der Waals surface area contributed by atoms with Crippen molar-refractivity contribution in [3.05, 3.63) is 35.9 Å². The van der Waals surface area contributed by atoms with E-state index in [1.807, 2.05) is 6.07 Å². The summed E-state index contributed by atoms with van der Waals surface area (Å²) in [4.78, 5) is 15.0. The second-order valence-corrected chi connectivity index (χ2v) is 8.22. The van der Waals surface area contributed by atoms with Gasteiger partial charge in [0.05, 0.1) is 6.26 Å². The van der Waals surface area contributed by atoms with Crippen molar-refractivity contribution in [2.75, 3.05) is 33.4 Å². The first-order valence-electron chi connectivity index (χ1n) is 7.76. The smallest absolute Gasteiger partial charge is 0.243 e. The second-order valence-electron chi connectivity index (χ2n) is 6.18. The Morgan fingerprint density at radius 1 is 1.26 bits per heavy atom. The Morgan fingerprint density at radius 3 is 2.35 bits per heavy atom. The summed E-state index contributed by atoms with van der Waals surface area (Å²) in [6.45, 7) is 1.87. The first-order chi connectivity index (χ1) is 10.8. The van der Waals surface area contributed by atoms with Crippen LogP contribution in [0, 0.1) is 0 Å². The number of hydrogen-bond donors (Lipinski definition) is 1. The molecule has 1 N–H and O–H groups in total. The van der Waals surface area contributed by atoms with E-state index in [1.165, 1.54) is 7.05 Å². The largest absolute Gasteiger partial charge is 0.352 e. The lowest BCUT2D eigenvalue weighted by Crippen LogP contribution is -2.48. The molecule has 1 aromatic carbocycles. The first-order valence-corrected chi connectivity index (χ1v) is 9.60. The van der Waals surface area contributed by atoms with E-state index in [0.717, 1.165) is 36.5 Å². The standard InChI is InChI=1S/C16H25N3O3S/c1-18-11-9-14(10-12-18)17-16(20)15(19(2)23(3,21)22)13-7-5-4-6-8-13/h4-8,14-15H,9-12H2,1-3H3,(H,17,20). The summed E-state index contributed by atoms with van der Waals surface area (Å²) in [5.41, 5.74) is 0.672. The van der Waals surface area contributed by atoms with Crippen LogP contribution in [0.1, 0.15) is 24.4 Å². The summed E-state index contributed by atoms with van der Waals surface area (Å²) in [5, 5.41) is 3.02. The van der Waals surface area contributed by atoms with Crippen molar-refractivity contribution < 1.29 is 13.2 Å². The summed E-state index contributed by atoms with van der Waals surface area (Å²) in [7, 11) is 0.0229. The average molecular weight is 339 g/mol. The molecule has 0 bridgehead atoms. The van der Waals surface area contributed by atoms with Gasteiger partial charge >= 0.3 is 0 Å². The fraction of sp³-hybridized carbons (Fsp3) is 0.562. The molecule has 23 heavy (non-hydrogen) atoms. The van der Waals surface area contributed by atoms with Crippen LogP contribution >= 0.6 is 0 Å². The van der Waals surface area contributed by atoms with E-state index in [9.17, 15) is 13.2 Å². The van der Waals surface area contributed by atoms with Gasteiger partial charge in [0, 0.05) is 13.1 Å². The highest BCUT2D eigenvalue weighted by atomic mass is 32.2. The third kappa shape index (κ3) is 4.76. The lowest BCUT2D eigenvalue weighted by molar-refractivity contribution is -0.125. The van der Waals surface area contributed by atoms with Gasteiger partial charge in [0.1, 0.15) is 6.04 Å². The first kappa shape index (κ1) is 17.9. The molecule has 1 fully saturated rings. The Labute approximate surface area is 138 Å². The number of amides is 1. The number of sulfonamides is 1. The third-order valence-electron chi connectivity index (χ3n) is 4.32.